The van der Waals surface area contributed by atoms with Gasteiger partial charge in [-0.15, -0.1) is 0 Å². The molecule has 98 valence electrons. The van der Waals surface area contributed by atoms with Crippen molar-refractivity contribution >= 4 is 17.6 Å². The van der Waals surface area contributed by atoms with Gasteiger partial charge in [-0.1, -0.05) is 23.7 Å². The molecule has 0 spiro atoms. The maximum atomic E-state index is 11.4. The fourth-order valence-corrected chi connectivity index (χ4v) is 2.18. The van der Waals surface area contributed by atoms with Crippen LogP contribution in [0.2, 0.25) is 5.02 Å². The molecule has 2 rings (SSSR count). The zero-order valence-corrected chi connectivity index (χ0v) is 11.3. The molecule has 1 aromatic carbocycles. The Morgan fingerprint density at radius 2 is 2.16 bits per heavy atom. The van der Waals surface area contributed by atoms with Gasteiger partial charge in [-0.2, -0.15) is 0 Å². The summed E-state index contributed by atoms with van der Waals surface area (Å²) < 4.78 is 0. The number of carboxylic acid groups (broad SMARTS) is 1. The highest BCUT2D eigenvalue weighted by Gasteiger charge is 2.21. The molecule has 19 heavy (non-hydrogen) atoms. The smallest absolute Gasteiger partial charge is 0.312 e. The Bertz CT molecular complexity index is 598. The maximum Gasteiger partial charge on any atom is 0.312 e. The number of pyridine rings is 1. The van der Waals surface area contributed by atoms with Crippen molar-refractivity contribution in [2.24, 2.45) is 0 Å². The van der Waals surface area contributed by atoms with Gasteiger partial charge in [-0.3, -0.25) is 9.78 Å². The average molecular weight is 276 g/mol. The topological polar surface area (TPSA) is 50.2 Å². The molecule has 0 fully saturated rings. The van der Waals surface area contributed by atoms with Crippen molar-refractivity contribution in [3.63, 3.8) is 0 Å². The number of hydrogen-bond acceptors (Lipinski definition) is 2. The lowest BCUT2D eigenvalue weighted by molar-refractivity contribution is -0.138. The molecule has 1 atom stereocenters. The molecule has 0 aliphatic heterocycles. The predicted molar refractivity (Wildman–Crippen MR) is 74.5 cm³/mol. The number of nitrogens with zero attached hydrogens (tertiary/aromatic N) is 1. The number of carboxylic acids is 1. The molecule has 4 heteroatoms. The van der Waals surface area contributed by atoms with E-state index in [9.17, 15) is 9.90 Å². The number of aliphatic carboxylic acids is 1. The molecule has 0 aliphatic rings. The van der Waals surface area contributed by atoms with Crippen LogP contribution in [0.25, 0.3) is 0 Å². The van der Waals surface area contributed by atoms with E-state index in [2.05, 4.69) is 4.98 Å². The Kier molecular flexibility index (Phi) is 4.17. The lowest BCUT2D eigenvalue weighted by atomic mass is 9.95. The summed E-state index contributed by atoms with van der Waals surface area (Å²) >= 11 is 5.92. The first kappa shape index (κ1) is 13.6. The third kappa shape index (κ3) is 3.55. The van der Waals surface area contributed by atoms with Crippen LogP contribution in [0.4, 0.5) is 0 Å². The van der Waals surface area contributed by atoms with Crippen LogP contribution in [0.3, 0.4) is 0 Å². The van der Waals surface area contributed by atoms with Crippen LogP contribution in [0, 0.1) is 6.92 Å². The Morgan fingerprint density at radius 3 is 2.79 bits per heavy atom. The zero-order chi connectivity index (χ0) is 13.8. The standard InChI is InChI=1S/C15H14ClNO2/c1-10-5-6-17-14(7-10)13(15(18)19)9-11-3-2-4-12(16)8-11/h2-8,13H,9H2,1H3,(H,18,19). The molecule has 2 aromatic rings. The molecule has 0 saturated heterocycles. The fourth-order valence-electron chi connectivity index (χ4n) is 1.97. The first-order valence-electron chi connectivity index (χ1n) is 5.96. The first-order valence-corrected chi connectivity index (χ1v) is 6.34. The maximum absolute atomic E-state index is 11.4. The third-order valence-corrected chi connectivity index (χ3v) is 3.16. The highest BCUT2D eigenvalue weighted by molar-refractivity contribution is 6.30. The summed E-state index contributed by atoms with van der Waals surface area (Å²) in [4.78, 5) is 15.6. The van der Waals surface area contributed by atoms with Crippen LogP contribution in [0.5, 0.6) is 0 Å². The average Bonchev–Trinajstić information content (AvgIpc) is 2.35. The molecule has 1 heterocycles. The molecule has 0 aliphatic carbocycles. The van der Waals surface area contributed by atoms with Crippen LogP contribution in [-0.4, -0.2) is 16.1 Å². The zero-order valence-electron chi connectivity index (χ0n) is 10.5. The summed E-state index contributed by atoms with van der Waals surface area (Å²) in [7, 11) is 0. The summed E-state index contributed by atoms with van der Waals surface area (Å²) in [6, 6.07) is 10.9. The molecule has 0 bridgehead atoms. The Labute approximate surface area is 116 Å². The number of aromatic nitrogens is 1. The van der Waals surface area contributed by atoms with Crippen molar-refractivity contribution in [2.45, 2.75) is 19.3 Å². The summed E-state index contributed by atoms with van der Waals surface area (Å²) in [6.45, 7) is 1.92. The van der Waals surface area contributed by atoms with E-state index in [1.54, 1.807) is 18.3 Å². The number of aryl methyl sites for hydroxylation is 1. The SMILES string of the molecule is Cc1ccnc(C(Cc2cccc(Cl)c2)C(=O)O)c1. The highest BCUT2D eigenvalue weighted by atomic mass is 35.5. The minimum absolute atomic E-state index is 0.381. The van der Waals surface area contributed by atoms with Gasteiger partial charge >= 0.3 is 5.97 Å². The first-order chi connectivity index (χ1) is 9.06. The van der Waals surface area contributed by atoms with Crippen LogP contribution in [0.1, 0.15) is 22.7 Å². The highest BCUT2D eigenvalue weighted by Crippen LogP contribution is 2.22. The van der Waals surface area contributed by atoms with E-state index >= 15 is 0 Å². The van der Waals surface area contributed by atoms with Gasteiger partial charge in [0, 0.05) is 11.2 Å². The molecule has 3 nitrogen and oxygen atoms in total. The Hall–Kier alpha value is -1.87. The number of rotatable bonds is 4. The van der Waals surface area contributed by atoms with Gasteiger partial charge in [0.05, 0.1) is 5.69 Å². The van der Waals surface area contributed by atoms with Gasteiger partial charge in [0.25, 0.3) is 0 Å². The lowest BCUT2D eigenvalue weighted by Crippen LogP contribution is -2.16. The summed E-state index contributed by atoms with van der Waals surface area (Å²) in [5.41, 5.74) is 2.47. The van der Waals surface area contributed by atoms with Crippen LogP contribution in [-0.2, 0) is 11.2 Å². The van der Waals surface area contributed by atoms with Gasteiger partial charge in [-0.05, 0) is 48.7 Å². The molecule has 1 unspecified atom stereocenters. The number of halogens is 1. The molecule has 0 radical (unpaired) electrons. The van der Waals surface area contributed by atoms with E-state index in [-0.39, 0.29) is 0 Å². The van der Waals surface area contributed by atoms with E-state index in [0.29, 0.717) is 17.1 Å². The van der Waals surface area contributed by atoms with Gasteiger partial charge in [0.2, 0.25) is 0 Å². The van der Waals surface area contributed by atoms with Crippen molar-refractivity contribution in [1.82, 2.24) is 4.98 Å². The van der Waals surface area contributed by atoms with Crippen LogP contribution < -0.4 is 0 Å². The van der Waals surface area contributed by atoms with Gasteiger partial charge in [0.1, 0.15) is 5.92 Å². The fraction of sp³-hybridized carbons (Fsp3) is 0.200. The lowest BCUT2D eigenvalue weighted by Gasteiger charge is -2.12. The van der Waals surface area contributed by atoms with Crippen molar-refractivity contribution in [3.8, 4) is 0 Å². The number of benzene rings is 1. The number of carbonyl (C=O) groups is 1. The predicted octanol–water partition coefficient (Wildman–Crippen LogP) is 3.45. The van der Waals surface area contributed by atoms with Crippen molar-refractivity contribution in [1.29, 1.82) is 0 Å². The van der Waals surface area contributed by atoms with Gasteiger partial charge < -0.3 is 5.11 Å². The monoisotopic (exact) mass is 275 g/mol. The Morgan fingerprint density at radius 1 is 1.37 bits per heavy atom. The van der Waals surface area contributed by atoms with E-state index in [1.807, 2.05) is 31.2 Å². The summed E-state index contributed by atoms with van der Waals surface area (Å²) in [5.74, 6) is -1.53. The molecular weight excluding hydrogens is 262 g/mol. The molecule has 0 amide bonds. The van der Waals surface area contributed by atoms with E-state index in [4.69, 9.17) is 11.6 Å². The second kappa shape index (κ2) is 5.85. The molecule has 0 saturated carbocycles. The second-order valence-corrected chi connectivity index (χ2v) is 4.92. The van der Waals surface area contributed by atoms with Crippen LogP contribution >= 0.6 is 11.6 Å². The normalized spacial score (nSPS) is 12.1. The minimum atomic E-state index is -0.877. The van der Waals surface area contributed by atoms with Gasteiger partial charge in [-0.25, -0.2) is 0 Å². The number of hydrogen-bond donors (Lipinski definition) is 1. The van der Waals surface area contributed by atoms with Crippen molar-refractivity contribution in [3.05, 3.63) is 64.4 Å². The van der Waals surface area contributed by atoms with Crippen LogP contribution in [0.15, 0.2) is 42.6 Å². The summed E-state index contributed by atoms with van der Waals surface area (Å²) in [5, 5.41) is 9.99. The largest absolute Gasteiger partial charge is 0.481 e. The van der Waals surface area contributed by atoms with E-state index in [0.717, 1.165) is 11.1 Å². The minimum Gasteiger partial charge on any atom is -0.481 e. The second-order valence-electron chi connectivity index (χ2n) is 4.48. The molecular formula is C15H14ClNO2. The van der Waals surface area contributed by atoms with E-state index in [1.165, 1.54) is 0 Å². The van der Waals surface area contributed by atoms with Crippen molar-refractivity contribution in [2.75, 3.05) is 0 Å². The molecule has 1 aromatic heterocycles. The third-order valence-electron chi connectivity index (χ3n) is 2.92. The molecule has 1 N–H and O–H groups in total. The Balaban J connectivity index is 2.29. The van der Waals surface area contributed by atoms with Crippen molar-refractivity contribution < 1.29 is 9.90 Å². The summed E-state index contributed by atoms with van der Waals surface area (Å²) in [6.07, 6.45) is 2.02. The van der Waals surface area contributed by atoms with E-state index < -0.39 is 11.9 Å². The quantitative estimate of drug-likeness (QED) is 0.930. The van der Waals surface area contributed by atoms with Gasteiger partial charge in [0.15, 0.2) is 0 Å².